The third-order valence-electron chi connectivity index (χ3n) is 7.25. The number of ether oxygens (including phenoxy) is 1. The number of nitrogens with zero attached hydrogens (tertiary/aromatic N) is 1. The van der Waals surface area contributed by atoms with E-state index in [0.717, 1.165) is 35.8 Å². The van der Waals surface area contributed by atoms with Crippen LogP contribution in [-0.2, 0) is 16.0 Å². The van der Waals surface area contributed by atoms with E-state index in [0.29, 0.717) is 17.7 Å². The predicted molar refractivity (Wildman–Crippen MR) is 143 cm³/mol. The SMILES string of the molecule is C[C@H](c1ccc(F)c2ccccc12)N(C(=O)OC(C)(C)C)[C@H]1CC[C@@H](c2ccc(CCC(=O)O)cc2)C1. The highest BCUT2D eigenvalue weighted by molar-refractivity contribution is 5.87. The molecule has 1 amide bonds. The minimum absolute atomic E-state index is 0.0228. The Morgan fingerprint density at radius 1 is 1.03 bits per heavy atom. The van der Waals surface area contributed by atoms with Gasteiger partial charge in [0.05, 0.1) is 6.04 Å². The number of halogens is 1. The minimum atomic E-state index is -0.798. The Balaban J connectivity index is 1.60. The van der Waals surface area contributed by atoms with Crippen molar-refractivity contribution in [3.63, 3.8) is 0 Å². The monoisotopic (exact) mass is 505 g/mol. The number of aliphatic carboxylic acids is 1. The number of carboxylic acid groups (broad SMARTS) is 1. The summed E-state index contributed by atoms with van der Waals surface area (Å²) in [6.07, 6.45) is 2.85. The zero-order valence-corrected chi connectivity index (χ0v) is 22.0. The van der Waals surface area contributed by atoms with Crippen molar-refractivity contribution in [2.45, 2.75) is 83.4 Å². The van der Waals surface area contributed by atoms with Crippen molar-refractivity contribution in [2.75, 3.05) is 0 Å². The van der Waals surface area contributed by atoms with Gasteiger partial charge in [0.2, 0.25) is 0 Å². The molecule has 0 aromatic heterocycles. The smallest absolute Gasteiger partial charge is 0.411 e. The van der Waals surface area contributed by atoms with E-state index in [1.807, 2.05) is 62.9 Å². The first-order valence-electron chi connectivity index (χ1n) is 13.0. The summed E-state index contributed by atoms with van der Waals surface area (Å²) in [5.41, 5.74) is 2.47. The molecule has 1 aliphatic carbocycles. The second-order valence-electron chi connectivity index (χ2n) is 11.0. The van der Waals surface area contributed by atoms with Gasteiger partial charge in [-0.3, -0.25) is 9.69 Å². The molecule has 0 heterocycles. The molecule has 1 N–H and O–H groups in total. The topological polar surface area (TPSA) is 66.8 Å². The molecule has 3 aromatic rings. The third-order valence-corrected chi connectivity index (χ3v) is 7.25. The van der Waals surface area contributed by atoms with Crippen LogP contribution < -0.4 is 0 Å². The Labute approximate surface area is 218 Å². The van der Waals surface area contributed by atoms with Gasteiger partial charge in [-0.05, 0) is 87.4 Å². The van der Waals surface area contributed by atoms with Crippen molar-refractivity contribution < 1.29 is 23.8 Å². The summed E-state index contributed by atoms with van der Waals surface area (Å²) in [4.78, 5) is 26.3. The van der Waals surface area contributed by atoms with Crippen LogP contribution in [-0.4, -0.2) is 33.7 Å². The number of carbonyl (C=O) groups is 2. The standard InChI is InChI=1S/C31H36FNO4/c1-20(25-16-17-28(32)27-8-6-5-7-26(25)27)33(30(36)37-31(2,3)4)24-15-14-23(19-24)22-12-9-21(10-13-22)11-18-29(34)35/h5-10,12-13,16-17,20,23-24H,11,14-15,18-19H2,1-4H3,(H,34,35)/t20-,23-,24+/m1/s1. The number of rotatable bonds is 7. The Kier molecular flexibility index (Phi) is 7.86. The Hall–Kier alpha value is -3.41. The van der Waals surface area contributed by atoms with Gasteiger partial charge in [-0.15, -0.1) is 0 Å². The van der Waals surface area contributed by atoms with E-state index in [4.69, 9.17) is 9.84 Å². The van der Waals surface area contributed by atoms with Gasteiger partial charge in [-0.1, -0.05) is 54.6 Å². The number of amides is 1. The normalized spacial score (nSPS) is 18.5. The lowest BCUT2D eigenvalue weighted by molar-refractivity contribution is -0.136. The predicted octanol–water partition coefficient (Wildman–Crippen LogP) is 7.63. The molecule has 1 aliphatic rings. The van der Waals surface area contributed by atoms with Crippen molar-refractivity contribution in [2.24, 2.45) is 0 Å². The zero-order chi connectivity index (χ0) is 26.7. The molecule has 0 unspecified atom stereocenters. The van der Waals surface area contributed by atoms with Crippen LogP contribution in [0.15, 0.2) is 60.7 Å². The van der Waals surface area contributed by atoms with Gasteiger partial charge >= 0.3 is 12.1 Å². The summed E-state index contributed by atoms with van der Waals surface area (Å²) in [6, 6.07) is 18.5. The third kappa shape index (κ3) is 6.30. The minimum Gasteiger partial charge on any atom is -0.481 e. The van der Waals surface area contributed by atoms with Crippen LogP contribution in [0.5, 0.6) is 0 Å². The Morgan fingerprint density at radius 2 is 1.70 bits per heavy atom. The molecule has 37 heavy (non-hydrogen) atoms. The maximum Gasteiger partial charge on any atom is 0.411 e. The number of benzene rings is 3. The van der Waals surface area contributed by atoms with Gasteiger partial charge in [0.25, 0.3) is 0 Å². The molecule has 0 aliphatic heterocycles. The van der Waals surface area contributed by atoms with Crippen LogP contribution in [0.25, 0.3) is 10.8 Å². The molecule has 3 atom stereocenters. The summed E-state index contributed by atoms with van der Waals surface area (Å²) in [6.45, 7) is 7.59. The average Bonchev–Trinajstić information content (AvgIpc) is 3.32. The maximum atomic E-state index is 14.5. The fraction of sp³-hybridized carbons (Fsp3) is 0.419. The van der Waals surface area contributed by atoms with Crippen molar-refractivity contribution in [3.05, 3.63) is 83.2 Å². The van der Waals surface area contributed by atoms with Gasteiger partial charge in [0, 0.05) is 17.8 Å². The number of aryl methyl sites for hydroxylation is 1. The van der Waals surface area contributed by atoms with Crippen LogP contribution in [0.3, 0.4) is 0 Å². The molecule has 1 fully saturated rings. The van der Waals surface area contributed by atoms with Gasteiger partial charge in [-0.2, -0.15) is 0 Å². The molecule has 0 bridgehead atoms. The second-order valence-corrected chi connectivity index (χ2v) is 11.0. The van der Waals surface area contributed by atoms with Gasteiger partial charge in [0.15, 0.2) is 0 Å². The largest absolute Gasteiger partial charge is 0.481 e. The highest BCUT2D eigenvalue weighted by atomic mass is 19.1. The molecular weight excluding hydrogens is 469 g/mol. The van der Waals surface area contributed by atoms with Gasteiger partial charge in [-0.25, -0.2) is 9.18 Å². The highest BCUT2D eigenvalue weighted by Crippen LogP contribution is 2.41. The number of hydrogen-bond donors (Lipinski definition) is 1. The zero-order valence-electron chi connectivity index (χ0n) is 22.0. The first-order valence-corrected chi connectivity index (χ1v) is 13.0. The van der Waals surface area contributed by atoms with E-state index in [-0.39, 0.29) is 30.4 Å². The number of hydrogen-bond acceptors (Lipinski definition) is 3. The molecule has 0 spiro atoms. The van der Waals surface area contributed by atoms with E-state index < -0.39 is 11.6 Å². The van der Waals surface area contributed by atoms with Crippen molar-refractivity contribution in [1.82, 2.24) is 4.90 Å². The molecule has 1 saturated carbocycles. The Morgan fingerprint density at radius 3 is 2.35 bits per heavy atom. The summed E-state index contributed by atoms with van der Waals surface area (Å²) in [5.74, 6) is -0.781. The second kappa shape index (κ2) is 10.9. The molecule has 3 aromatic carbocycles. The fourth-order valence-electron chi connectivity index (χ4n) is 5.46. The van der Waals surface area contributed by atoms with Crippen LogP contribution >= 0.6 is 0 Å². The summed E-state index contributed by atoms with van der Waals surface area (Å²) >= 11 is 0. The first kappa shape index (κ1) is 26.6. The van der Waals surface area contributed by atoms with Crippen LogP contribution in [0.4, 0.5) is 9.18 Å². The van der Waals surface area contributed by atoms with Crippen LogP contribution in [0.1, 0.15) is 82.0 Å². The molecule has 0 radical (unpaired) electrons. The number of carboxylic acids is 1. The van der Waals surface area contributed by atoms with Crippen LogP contribution in [0.2, 0.25) is 0 Å². The number of carbonyl (C=O) groups excluding carboxylic acids is 1. The molecular formula is C31H36FNO4. The quantitative estimate of drug-likeness (QED) is 0.358. The average molecular weight is 506 g/mol. The molecule has 0 saturated heterocycles. The highest BCUT2D eigenvalue weighted by Gasteiger charge is 2.38. The van der Waals surface area contributed by atoms with Crippen molar-refractivity contribution >= 4 is 22.8 Å². The number of fused-ring (bicyclic) bond motifs is 1. The van der Waals surface area contributed by atoms with E-state index in [9.17, 15) is 14.0 Å². The lowest BCUT2D eigenvalue weighted by atomic mass is 9.94. The van der Waals surface area contributed by atoms with Crippen LogP contribution in [0, 0.1) is 5.82 Å². The molecule has 196 valence electrons. The summed E-state index contributed by atoms with van der Waals surface area (Å²) in [7, 11) is 0. The van der Waals surface area contributed by atoms with E-state index in [1.54, 1.807) is 12.1 Å². The maximum absolute atomic E-state index is 14.5. The van der Waals surface area contributed by atoms with Gasteiger partial charge in [0.1, 0.15) is 11.4 Å². The van der Waals surface area contributed by atoms with Crippen molar-refractivity contribution in [1.29, 1.82) is 0 Å². The van der Waals surface area contributed by atoms with E-state index in [2.05, 4.69) is 12.1 Å². The fourth-order valence-corrected chi connectivity index (χ4v) is 5.46. The van der Waals surface area contributed by atoms with Crippen molar-refractivity contribution in [3.8, 4) is 0 Å². The molecule has 6 heteroatoms. The first-order chi connectivity index (χ1) is 17.5. The lowest BCUT2D eigenvalue weighted by Crippen LogP contribution is -2.44. The lowest BCUT2D eigenvalue weighted by Gasteiger charge is -2.37. The Bertz CT molecular complexity index is 1260. The molecule has 5 nitrogen and oxygen atoms in total. The van der Waals surface area contributed by atoms with Gasteiger partial charge < -0.3 is 9.84 Å². The van der Waals surface area contributed by atoms with E-state index in [1.165, 1.54) is 11.6 Å². The molecule has 4 rings (SSSR count). The summed E-state index contributed by atoms with van der Waals surface area (Å²) < 4.78 is 20.4. The summed E-state index contributed by atoms with van der Waals surface area (Å²) in [5, 5.41) is 10.3. The van der Waals surface area contributed by atoms with E-state index >= 15 is 0 Å².